The minimum absolute atomic E-state index is 0.194. The number of rotatable bonds is 5. The fraction of sp³-hybridized carbons (Fsp3) is 0.571. The second kappa shape index (κ2) is 5.36. The molecule has 2 rings (SSSR count). The standard InChI is InChI=1S/C14H19ClFN/c1-9(10-3-4-10)14(17-2)7-11-5-6-12(15)8-13(11)16/h5-6,8-10,14,17H,3-4,7H2,1-2H3. The highest BCUT2D eigenvalue weighted by molar-refractivity contribution is 6.30. The molecule has 0 radical (unpaired) electrons. The van der Waals surface area contributed by atoms with Crippen molar-refractivity contribution in [3.8, 4) is 0 Å². The van der Waals surface area contributed by atoms with E-state index in [0.29, 0.717) is 17.0 Å². The zero-order valence-corrected chi connectivity index (χ0v) is 11.1. The van der Waals surface area contributed by atoms with Crippen molar-refractivity contribution in [2.24, 2.45) is 11.8 Å². The molecule has 0 aromatic heterocycles. The molecule has 1 aromatic carbocycles. The summed E-state index contributed by atoms with van der Waals surface area (Å²) in [6.45, 7) is 2.26. The molecule has 1 aromatic rings. The van der Waals surface area contributed by atoms with Gasteiger partial charge < -0.3 is 5.32 Å². The predicted molar refractivity (Wildman–Crippen MR) is 69.8 cm³/mol. The van der Waals surface area contributed by atoms with Crippen molar-refractivity contribution in [1.82, 2.24) is 5.32 Å². The molecule has 0 bridgehead atoms. The number of hydrogen-bond donors (Lipinski definition) is 1. The first-order chi connectivity index (χ1) is 8.11. The van der Waals surface area contributed by atoms with Gasteiger partial charge in [0.2, 0.25) is 0 Å². The van der Waals surface area contributed by atoms with Crippen LogP contribution in [-0.4, -0.2) is 13.1 Å². The molecular weight excluding hydrogens is 237 g/mol. The van der Waals surface area contributed by atoms with Gasteiger partial charge in [-0.25, -0.2) is 4.39 Å². The van der Waals surface area contributed by atoms with Gasteiger partial charge >= 0.3 is 0 Å². The SMILES string of the molecule is CNC(Cc1ccc(Cl)cc1F)C(C)C1CC1. The summed E-state index contributed by atoms with van der Waals surface area (Å²) in [6, 6.07) is 5.29. The summed E-state index contributed by atoms with van der Waals surface area (Å²) in [5, 5.41) is 3.77. The summed E-state index contributed by atoms with van der Waals surface area (Å²) in [5.74, 6) is 1.23. The number of benzene rings is 1. The van der Waals surface area contributed by atoms with Gasteiger partial charge in [0.05, 0.1) is 0 Å². The van der Waals surface area contributed by atoms with Crippen molar-refractivity contribution < 1.29 is 4.39 Å². The molecule has 1 nitrogen and oxygen atoms in total. The number of likely N-dealkylation sites (N-methyl/N-ethyl adjacent to an activating group) is 1. The number of hydrogen-bond acceptors (Lipinski definition) is 1. The Kier molecular flexibility index (Phi) is 4.05. The van der Waals surface area contributed by atoms with Crippen LogP contribution in [0.1, 0.15) is 25.3 Å². The Bertz CT molecular complexity index is 390. The topological polar surface area (TPSA) is 12.0 Å². The molecule has 94 valence electrons. The van der Waals surface area contributed by atoms with Crippen molar-refractivity contribution >= 4 is 11.6 Å². The number of nitrogens with one attached hydrogen (secondary N) is 1. The Balaban J connectivity index is 2.06. The Labute approximate surface area is 107 Å². The van der Waals surface area contributed by atoms with Crippen LogP contribution in [-0.2, 0) is 6.42 Å². The third kappa shape index (κ3) is 3.20. The zero-order chi connectivity index (χ0) is 12.4. The maximum atomic E-state index is 13.7. The normalized spacial score (nSPS) is 19.1. The van der Waals surface area contributed by atoms with E-state index in [1.807, 2.05) is 7.05 Å². The molecule has 0 saturated heterocycles. The Morgan fingerprint density at radius 1 is 1.47 bits per heavy atom. The molecule has 1 fully saturated rings. The van der Waals surface area contributed by atoms with E-state index >= 15 is 0 Å². The van der Waals surface area contributed by atoms with Gasteiger partial charge in [-0.15, -0.1) is 0 Å². The lowest BCUT2D eigenvalue weighted by Gasteiger charge is -2.23. The van der Waals surface area contributed by atoms with Gasteiger partial charge in [-0.2, -0.15) is 0 Å². The van der Waals surface area contributed by atoms with Gasteiger partial charge in [-0.1, -0.05) is 24.6 Å². The van der Waals surface area contributed by atoms with Crippen LogP contribution < -0.4 is 5.32 Å². The second-order valence-corrected chi connectivity index (χ2v) is 5.47. The van der Waals surface area contributed by atoms with E-state index < -0.39 is 0 Å². The van der Waals surface area contributed by atoms with E-state index in [1.165, 1.54) is 18.9 Å². The first-order valence-electron chi connectivity index (χ1n) is 6.23. The fourth-order valence-corrected chi connectivity index (χ4v) is 2.58. The van der Waals surface area contributed by atoms with Crippen LogP contribution in [0.15, 0.2) is 18.2 Å². The molecule has 0 amide bonds. The Morgan fingerprint density at radius 3 is 2.71 bits per heavy atom. The summed E-state index contributed by atoms with van der Waals surface area (Å²) in [4.78, 5) is 0. The van der Waals surface area contributed by atoms with Gasteiger partial charge in [-0.05, 0) is 55.8 Å². The van der Waals surface area contributed by atoms with E-state index in [-0.39, 0.29) is 5.82 Å². The molecule has 0 heterocycles. The van der Waals surface area contributed by atoms with E-state index in [4.69, 9.17) is 11.6 Å². The van der Waals surface area contributed by atoms with E-state index in [2.05, 4.69) is 12.2 Å². The monoisotopic (exact) mass is 255 g/mol. The van der Waals surface area contributed by atoms with Crippen LogP contribution in [0, 0.1) is 17.7 Å². The summed E-state index contributed by atoms with van der Waals surface area (Å²) in [6.07, 6.45) is 3.38. The Hall–Kier alpha value is -0.600. The fourth-order valence-electron chi connectivity index (χ4n) is 2.43. The third-order valence-electron chi connectivity index (χ3n) is 3.83. The van der Waals surface area contributed by atoms with Gasteiger partial charge in [0.15, 0.2) is 0 Å². The maximum absolute atomic E-state index is 13.7. The third-order valence-corrected chi connectivity index (χ3v) is 4.06. The van der Waals surface area contributed by atoms with Crippen LogP contribution in [0.2, 0.25) is 5.02 Å². The Morgan fingerprint density at radius 2 is 2.18 bits per heavy atom. The van der Waals surface area contributed by atoms with Crippen molar-refractivity contribution in [3.63, 3.8) is 0 Å². The average Bonchev–Trinajstić information content (AvgIpc) is 3.11. The first kappa shape index (κ1) is 12.8. The maximum Gasteiger partial charge on any atom is 0.127 e. The van der Waals surface area contributed by atoms with Gasteiger partial charge in [0.25, 0.3) is 0 Å². The van der Waals surface area contributed by atoms with Gasteiger partial charge in [0, 0.05) is 11.1 Å². The van der Waals surface area contributed by atoms with Gasteiger partial charge in [0.1, 0.15) is 5.82 Å². The molecular formula is C14H19ClFN. The smallest absolute Gasteiger partial charge is 0.127 e. The summed E-state index contributed by atoms with van der Waals surface area (Å²) in [7, 11) is 1.96. The van der Waals surface area contributed by atoms with Crippen molar-refractivity contribution in [2.75, 3.05) is 7.05 Å². The molecule has 17 heavy (non-hydrogen) atoms. The zero-order valence-electron chi connectivity index (χ0n) is 10.3. The largest absolute Gasteiger partial charge is 0.316 e. The molecule has 0 aliphatic heterocycles. The summed E-state index contributed by atoms with van der Waals surface area (Å²) >= 11 is 5.75. The van der Waals surface area contributed by atoms with E-state index in [9.17, 15) is 4.39 Å². The van der Waals surface area contributed by atoms with E-state index in [0.717, 1.165) is 17.9 Å². The van der Waals surface area contributed by atoms with Crippen molar-refractivity contribution in [1.29, 1.82) is 0 Å². The molecule has 1 aliphatic carbocycles. The molecule has 0 spiro atoms. The predicted octanol–water partition coefficient (Wildman–Crippen LogP) is 3.66. The number of halogens is 2. The van der Waals surface area contributed by atoms with Gasteiger partial charge in [-0.3, -0.25) is 0 Å². The van der Waals surface area contributed by atoms with Crippen LogP contribution in [0.25, 0.3) is 0 Å². The van der Waals surface area contributed by atoms with Crippen LogP contribution in [0.4, 0.5) is 4.39 Å². The molecule has 1 aliphatic rings. The quantitative estimate of drug-likeness (QED) is 0.847. The average molecular weight is 256 g/mol. The highest BCUT2D eigenvalue weighted by Crippen LogP contribution is 2.38. The molecule has 2 unspecified atom stereocenters. The van der Waals surface area contributed by atoms with Crippen LogP contribution >= 0.6 is 11.6 Å². The van der Waals surface area contributed by atoms with Crippen molar-refractivity contribution in [3.05, 3.63) is 34.6 Å². The van der Waals surface area contributed by atoms with Crippen molar-refractivity contribution in [2.45, 2.75) is 32.2 Å². The van der Waals surface area contributed by atoms with Crippen LogP contribution in [0.3, 0.4) is 0 Å². The minimum atomic E-state index is -0.194. The minimum Gasteiger partial charge on any atom is -0.316 e. The first-order valence-corrected chi connectivity index (χ1v) is 6.60. The lowest BCUT2D eigenvalue weighted by molar-refractivity contribution is 0.354. The lowest BCUT2D eigenvalue weighted by Crippen LogP contribution is -2.35. The second-order valence-electron chi connectivity index (χ2n) is 5.03. The molecule has 2 atom stereocenters. The summed E-state index contributed by atoms with van der Waals surface area (Å²) < 4.78 is 13.7. The molecule has 1 saturated carbocycles. The molecule has 1 N–H and O–H groups in total. The van der Waals surface area contributed by atoms with E-state index in [1.54, 1.807) is 12.1 Å². The highest BCUT2D eigenvalue weighted by Gasteiger charge is 2.32. The lowest BCUT2D eigenvalue weighted by atomic mass is 9.91. The summed E-state index contributed by atoms with van der Waals surface area (Å²) in [5.41, 5.74) is 0.751. The highest BCUT2D eigenvalue weighted by atomic mass is 35.5. The van der Waals surface area contributed by atoms with Crippen LogP contribution in [0.5, 0.6) is 0 Å². The molecule has 3 heteroatoms.